The average Bonchev–Trinajstić information content (AvgIpc) is 2.84. The molecule has 0 N–H and O–H groups in total. The zero-order valence-corrected chi connectivity index (χ0v) is 13.5. The number of carbonyl (C=O) groups is 2. The Hall–Kier alpha value is -2.24. The van der Waals surface area contributed by atoms with Gasteiger partial charge in [-0.3, -0.25) is 4.79 Å². The second kappa shape index (κ2) is 6.10. The van der Waals surface area contributed by atoms with E-state index in [-0.39, 0.29) is 15.7 Å². The van der Waals surface area contributed by atoms with Crippen LogP contribution in [0.15, 0.2) is 42.5 Å². The Balaban J connectivity index is 1.88. The van der Waals surface area contributed by atoms with Gasteiger partial charge < -0.3 is 4.74 Å². The summed E-state index contributed by atoms with van der Waals surface area (Å²) in [7, 11) is 0. The molecular weight excluding hydrogens is 339 g/mol. The molecule has 0 saturated carbocycles. The molecule has 0 aliphatic carbocycles. The van der Waals surface area contributed by atoms with E-state index in [1.807, 2.05) is 0 Å². The van der Waals surface area contributed by atoms with E-state index in [2.05, 4.69) is 0 Å². The second-order valence-corrected chi connectivity index (χ2v) is 6.29. The number of halogens is 2. The number of ketones is 1. The number of thiophene rings is 1. The molecule has 0 aliphatic rings. The van der Waals surface area contributed by atoms with Crippen molar-refractivity contribution in [2.45, 2.75) is 6.92 Å². The molecule has 0 amide bonds. The van der Waals surface area contributed by atoms with E-state index in [0.717, 1.165) is 11.3 Å². The first-order chi connectivity index (χ1) is 11.0. The minimum Gasteiger partial charge on any atom is -0.422 e. The SMILES string of the molecule is CC(=O)c1ccc(OC(=O)c2sc3cc(F)ccc3c2Cl)cc1. The number of hydrogen-bond acceptors (Lipinski definition) is 4. The lowest BCUT2D eigenvalue weighted by molar-refractivity contribution is 0.0740. The van der Waals surface area contributed by atoms with Gasteiger partial charge in [0.15, 0.2) is 5.78 Å². The molecule has 0 radical (unpaired) electrons. The molecule has 2 aromatic carbocycles. The van der Waals surface area contributed by atoms with Gasteiger partial charge in [0, 0.05) is 15.6 Å². The van der Waals surface area contributed by atoms with Crippen LogP contribution in [0, 0.1) is 5.82 Å². The number of ether oxygens (including phenoxy) is 1. The van der Waals surface area contributed by atoms with Crippen molar-refractivity contribution in [3.8, 4) is 5.75 Å². The van der Waals surface area contributed by atoms with Crippen LogP contribution < -0.4 is 4.74 Å². The molecule has 0 spiro atoms. The van der Waals surface area contributed by atoms with Gasteiger partial charge in [-0.2, -0.15) is 0 Å². The van der Waals surface area contributed by atoms with Gasteiger partial charge in [0.2, 0.25) is 0 Å². The highest BCUT2D eigenvalue weighted by Gasteiger charge is 2.19. The summed E-state index contributed by atoms with van der Waals surface area (Å²) >= 11 is 7.25. The summed E-state index contributed by atoms with van der Waals surface area (Å²) in [5.41, 5.74) is 0.528. The molecule has 6 heteroatoms. The molecule has 1 aromatic heterocycles. The van der Waals surface area contributed by atoms with Crippen molar-refractivity contribution < 1.29 is 18.7 Å². The predicted molar refractivity (Wildman–Crippen MR) is 88.2 cm³/mol. The van der Waals surface area contributed by atoms with Crippen LogP contribution in [-0.4, -0.2) is 11.8 Å². The third-order valence-corrected chi connectivity index (χ3v) is 4.89. The molecule has 0 fully saturated rings. The largest absolute Gasteiger partial charge is 0.422 e. The lowest BCUT2D eigenvalue weighted by Gasteiger charge is -2.03. The van der Waals surface area contributed by atoms with Crippen molar-refractivity contribution in [3.63, 3.8) is 0 Å². The minimum atomic E-state index is -0.618. The molecular formula is C17H10ClFO3S. The van der Waals surface area contributed by atoms with Gasteiger partial charge in [-0.1, -0.05) is 11.6 Å². The van der Waals surface area contributed by atoms with Crippen LogP contribution in [0.2, 0.25) is 5.02 Å². The van der Waals surface area contributed by atoms with E-state index >= 15 is 0 Å². The molecule has 0 aliphatic heterocycles. The Morgan fingerprint density at radius 1 is 1.13 bits per heavy atom. The van der Waals surface area contributed by atoms with Crippen molar-refractivity contribution in [2.24, 2.45) is 0 Å². The monoisotopic (exact) mass is 348 g/mol. The average molecular weight is 349 g/mol. The van der Waals surface area contributed by atoms with Gasteiger partial charge in [0.1, 0.15) is 16.4 Å². The summed E-state index contributed by atoms with van der Waals surface area (Å²) in [6.07, 6.45) is 0. The highest BCUT2D eigenvalue weighted by atomic mass is 35.5. The van der Waals surface area contributed by atoms with Crippen molar-refractivity contribution in [1.29, 1.82) is 0 Å². The fourth-order valence-electron chi connectivity index (χ4n) is 2.08. The van der Waals surface area contributed by atoms with E-state index in [9.17, 15) is 14.0 Å². The van der Waals surface area contributed by atoms with E-state index in [0.29, 0.717) is 21.4 Å². The zero-order chi connectivity index (χ0) is 16.6. The first-order valence-corrected chi connectivity index (χ1v) is 7.86. The van der Waals surface area contributed by atoms with Gasteiger partial charge in [-0.05, 0) is 49.4 Å². The van der Waals surface area contributed by atoms with E-state index in [1.54, 1.807) is 12.1 Å². The van der Waals surface area contributed by atoms with Crippen LogP contribution in [0.25, 0.3) is 10.1 Å². The first-order valence-electron chi connectivity index (χ1n) is 6.66. The molecule has 0 bridgehead atoms. The molecule has 0 atom stereocenters. The van der Waals surface area contributed by atoms with E-state index < -0.39 is 11.8 Å². The van der Waals surface area contributed by atoms with Gasteiger partial charge in [-0.15, -0.1) is 11.3 Å². The summed E-state index contributed by atoms with van der Waals surface area (Å²) in [6, 6.07) is 10.4. The Bertz CT molecular complexity index is 915. The molecule has 23 heavy (non-hydrogen) atoms. The topological polar surface area (TPSA) is 43.4 Å². The molecule has 116 valence electrons. The first kappa shape index (κ1) is 15.6. The van der Waals surface area contributed by atoms with Gasteiger partial charge in [0.05, 0.1) is 5.02 Å². The molecule has 3 aromatic rings. The van der Waals surface area contributed by atoms with Crippen molar-refractivity contribution in [3.05, 3.63) is 63.7 Å². The van der Waals surface area contributed by atoms with Gasteiger partial charge in [-0.25, -0.2) is 9.18 Å². The molecule has 3 rings (SSSR count). The van der Waals surface area contributed by atoms with Gasteiger partial charge >= 0.3 is 5.97 Å². The lowest BCUT2D eigenvalue weighted by atomic mass is 10.1. The number of benzene rings is 2. The Labute approximate surface area is 140 Å². The number of hydrogen-bond donors (Lipinski definition) is 0. The third-order valence-electron chi connectivity index (χ3n) is 3.25. The lowest BCUT2D eigenvalue weighted by Crippen LogP contribution is -2.07. The highest BCUT2D eigenvalue weighted by molar-refractivity contribution is 7.21. The fraction of sp³-hybridized carbons (Fsp3) is 0.0588. The number of rotatable bonds is 3. The van der Waals surface area contributed by atoms with Crippen LogP contribution in [0.5, 0.6) is 5.75 Å². The number of Topliss-reactive ketones (excluding diaryl/α,β-unsaturated/α-hetero) is 1. The van der Waals surface area contributed by atoms with E-state index in [1.165, 1.54) is 37.3 Å². The van der Waals surface area contributed by atoms with Crippen LogP contribution in [0.3, 0.4) is 0 Å². The van der Waals surface area contributed by atoms with Crippen LogP contribution in [0.4, 0.5) is 4.39 Å². The molecule has 1 heterocycles. The summed E-state index contributed by atoms with van der Waals surface area (Å²) in [4.78, 5) is 23.7. The number of fused-ring (bicyclic) bond motifs is 1. The van der Waals surface area contributed by atoms with Crippen LogP contribution in [-0.2, 0) is 0 Å². The number of esters is 1. The normalized spacial score (nSPS) is 10.7. The molecule has 0 saturated heterocycles. The smallest absolute Gasteiger partial charge is 0.355 e. The summed E-state index contributed by atoms with van der Waals surface area (Å²) in [5.74, 6) is -0.778. The summed E-state index contributed by atoms with van der Waals surface area (Å²) in [5, 5.41) is 0.854. The van der Waals surface area contributed by atoms with Crippen molar-refractivity contribution in [1.82, 2.24) is 0 Å². The Kier molecular flexibility index (Phi) is 4.15. The Morgan fingerprint density at radius 2 is 1.83 bits per heavy atom. The maximum absolute atomic E-state index is 13.2. The highest BCUT2D eigenvalue weighted by Crippen LogP contribution is 2.36. The minimum absolute atomic E-state index is 0.0718. The molecule has 3 nitrogen and oxygen atoms in total. The van der Waals surface area contributed by atoms with Crippen LogP contribution >= 0.6 is 22.9 Å². The van der Waals surface area contributed by atoms with Crippen LogP contribution in [0.1, 0.15) is 27.0 Å². The summed E-state index contributed by atoms with van der Waals surface area (Å²) < 4.78 is 19.1. The van der Waals surface area contributed by atoms with E-state index in [4.69, 9.17) is 16.3 Å². The molecule has 0 unspecified atom stereocenters. The number of carbonyl (C=O) groups excluding carboxylic acids is 2. The Morgan fingerprint density at radius 3 is 2.48 bits per heavy atom. The standard InChI is InChI=1S/C17H10ClFO3S/c1-9(20)10-2-5-12(6-3-10)22-17(21)16-15(18)13-7-4-11(19)8-14(13)23-16/h2-8H,1H3. The third kappa shape index (κ3) is 3.11. The van der Waals surface area contributed by atoms with Gasteiger partial charge in [0.25, 0.3) is 0 Å². The maximum Gasteiger partial charge on any atom is 0.355 e. The van der Waals surface area contributed by atoms with Crippen molar-refractivity contribution >= 4 is 44.8 Å². The predicted octanol–water partition coefficient (Wildman–Crippen LogP) is 5.12. The second-order valence-electron chi connectivity index (χ2n) is 4.86. The summed E-state index contributed by atoms with van der Waals surface area (Å²) in [6.45, 7) is 1.46. The maximum atomic E-state index is 13.2. The fourth-order valence-corrected chi connectivity index (χ4v) is 3.49. The van der Waals surface area contributed by atoms with Crippen molar-refractivity contribution in [2.75, 3.05) is 0 Å². The quantitative estimate of drug-likeness (QED) is 0.375. The zero-order valence-electron chi connectivity index (χ0n) is 11.9.